The highest BCUT2D eigenvalue weighted by molar-refractivity contribution is 5.22. The Morgan fingerprint density at radius 1 is 1.12 bits per heavy atom. The average Bonchev–Trinajstić information content (AvgIpc) is 2.99. The van der Waals surface area contributed by atoms with Crippen molar-refractivity contribution in [3.05, 3.63) is 35.4 Å². The number of hydrogen-bond acceptors (Lipinski definition) is 1. The van der Waals surface area contributed by atoms with Crippen LogP contribution in [0.2, 0.25) is 0 Å². The van der Waals surface area contributed by atoms with Crippen molar-refractivity contribution in [2.75, 3.05) is 0 Å². The molecule has 1 aromatic carbocycles. The highest BCUT2D eigenvalue weighted by atomic mass is 19.1. The van der Waals surface area contributed by atoms with Gasteiger partial charge in [-0.2, -0.15) is 0 Å². The van der Waals surface area contributed by atoms with E-state index in [1.165, 1.54) is 25.0 Å². The van der Waals surface area contributed by atoms with E-state index in [4.69, 9.17) is 0 Å². The van der Waals surface area contributed by atoms with Crippen LogP contribution >= 0.6 is 0 Å². The SMILES string of the molecule is CC(NC1CC1)C(C)c1cc(F)cc(F)c1. The van der Waals surface area contributed by atoms with Gasteiger partial charge in [-0.1, -0.05) is 6.92 Å². The maximum absolute atomic E-state index is 13.1. The quantitative estimate of drug-likeness (QED) is 0.829. The molecule has 0 aromatic heterocycles. The first kappa shape index (κ1) is 11.5. The van der Waals surface area contributed by atoms with Crippen molar-refractivity contribution in [2.45, 2.75) is 44.7 Å². The highest BCUT2D eigenvalue weighted by Gasteiger charge is 2.25. The van der Waals surface area contributed by atoms with E-state index in [1.807, 2.05) is 6.92 Å². The Kier molecular flexibility index (Phi) is 3.24. The van der Waals surface area contributed by atoms with Gasteiger partial charge in [0, 0.05) is 18.2 Å². The summed E-state index contributed by atoms with van der Waals surface area (Å²) in [6.07, 6.45) is 2.43. The van der Waals surface area contributed by atoms with Crippen LogP contribution in [0.15, 0.2) is 18.2 Å². The third kappa shape index (κ3) is 2.79. The van der Waals surface area contributed by atoms with Crippen molar-refractivity contribution in [2.24, 2.45) is 0 Å². The molecule has 1 aliphatic rings. The lowest BCUT2D eigenvalue weighted by Gasteiger charge is -2.21. The molecule has 1 aliphatic carbocycles. The van der Waals surface area contributed by atoms with Crippen LogP contribution < -0.4 is 5.32 Å². The second kappa shape index (κ2) is 4.50. The van der Waals surface area contributed by atoms with E-state index in [9.17, 15) is 8.78 Å². The summed E-state index contributed by atoms with van der Waals surface area (Å²) in [5, 5.41) is 3.45. The number of benzene rings is 1. The molecule has 16 heavy (non-hydrogen) atoms. The van der Waals surface area contributed by atoms with Crippen LogP contribution in [0.4, 0.5) is 8.78 Å². The molecule has 0 bridgehead atoms. The molecule has 1 fully saturated rings. The van der Waals surface area contributed by atoms with Gasteiger partial charge in [-0.15, -0.1) is 0 Å². The lowest BCUT2D eigenvalue weighted by atomic mass is 9.94. The summed E-state index contributed by atoms with van der Waals surface area (Å²) in [6, 6.07) is 4.59. The normalized spacial score (nSPS) is 19.5. The van der Waals surface area contributed by atoms with Crippen LogP contribution in [0.5, 0.6) is 0 Å². The van der Waals surface area contributed by atoms with Crippen molar-refractivity contribution in [3.63, 3.8) is 0 Å². The van der Waals surface area contributed by atoms with E-state index in [1.54, 1.807) is 0 Å². The van der Waals surface area contributed by atoms with E-state index in [0.717, 1.165) is 11.6 Å². The lowest BCUT2D eigenvalue weighted by molar-refractivity contribution is 0.473. The van der Waals surface area contributed by atoms with Gasteiger partial charge in [-0.25, -0.2) is 8.78 Å². The molecule has 1 N–H and O–H groups in total. The predicted octanol–water partition coefficient (Wildman–Crippen LogP) is 3.21. The van der Waals surface area contributed by atoms with Gasteiger partial charge in [0.25, 0.3) is 0 Å². The molecule has 2 atom stereocenters. The topological polar surface area (TPSA) is 12.0 Å². The van der Waals surface area contributed by atoms with Gasteiger partial charge in [0.05, 0.1) is 0 Å². The van der Waals surface area contributed by atoms with E-state index >= 15 is 0 Å². The molecule has 1 saturated carbocycles. The summed E-state index contributed by atoms with van der Waals surface area (Å²) in [7, 11) is 0. The Bertz CT molecular complexity index is 354. The fourth-order valence-corrected chi connectivity index (χ4v) is 1.89. The van der Waals surface area contributed by atoms with E-state index < -0.39 is 11.6 Å². The van der Waals surface area contributed by atoms with E-state index in [2.05, 4.69) is 12.2 Å². The lowest BCUT2D eigenvalue weighted by Crippen LogP contribution is -2.32. The van der Waals surface area contributed by atoms with Crippen LogP contribution in [0, 0.1) is 11.6 Å². The maximum Gasteiger partial charge on any atom is 0.126 e. The molecule has 2 rings (SSSR count). The summed E-state index contributed by atoms with van der Waals surface area (Å²) in [4.78, 5) is 0. The minimum atomic E-state index is -0.500. The molecule has 0 amide bonds. The van der Waals surface area contributed by atoms with Crippen molar-refractivity contribution < 1.29 is 8.78 Å². The standard InChI is InChI=1S/C13H17F2N/c1-8(9(2)16-13-3-4-13)10-5-11(14)7-12(15)6-10/h5-9,13,16H,3-4H2,1-2H3. The summed E-state index contributed by atoms with van der Waals surface area (Å²) < 4.78 is 26.1. The molecular formula is C13H17F2N. The molecule has 0 spiro atoms. The number of nitrogens with one attached hydrogen (secondary N) is 1. The minimum absolute atomic E-state index is 0.116. The fourth-order valence-electron chi connectivity index (χ4n) is 1.89. The second-order valence-corrected chi connectivity index (χ2v) is 4.72. The molecule has 0 saturated heterocycles. The van der Waals surface area contributed by atoms with Crippen LogP contribution in [-0.2, 0) is 0 Å². The van der Waals surface area contributed by atoms with Gasteiger partial charge in [-0.05, 0) is 43.4 Å². The predicted molar refractivity (Wildman–Crippen MR) is 60.4 cm³/mol. The molecule has 0 heterocycles. The largest absolute Gasteiger partial charge is 0.311 e. The zero-order valence-electron chi connectivity index (χ0n) is 9.63. The van der Waals surface area contributed by atoms with Gasteiger partial charge in [-0.3, -0.25) is 0 Å². The van der Waals surface area contributed by atoms with Crippen molar-refractivity contribution in [3.8, 4) is 0 Å². The third-order valence-corrected chi connectivity index (χ3v) is 3.24. The summed E-state index contributed by atoms with van der Waals surface area (Å²) in [5.74, 6) is -0.883. The summed E-state index contributed by atoms with van der Waals surface area (Å²) >= 11 is 0. The summed E-state index contributed by atoms with van der Waals surface area (Å²) in [5.41, 5.74) is 0.721. The van der Waals surface area contributed by atoms with Crippen LogP contribution in [0.3, 0.4) is 0 Å². The summed E-state index contributed by atoms with van der Waals surface area (Å²) in [6.45, 7) is 4.06. The molecule has 0 aliphatic heterocycles. The first-order valence-electron chi connectivity index (χ1n) is 5.78. The van der Waals surface area contributed by atoms with Gasteiger partial charge in [0.2, 0.25) is 0 Å². The zero-order chi connectivity index (χ0) is 11.7. The van der Waals surface area contributed by atoms with Crippen molar-refractivity contribution in [1.82, 2.24) is 5.32 Å². The molecule has 3 heteroatoms. The maximum atomic E-state index is 13.1. The first-order chi connectivity index (χ1) is 7.56. The smallest absolute Gasteiger partial charge is 0.126 e. The molecule has 2 unspecified atom stereocenters. The Labute approximate surface area is 94.9 Å². The number of halogens is 2. The Morgan fingerprint density at radius 3 is 2.19 bits per heavy atom. The zero-order valence-corrected chi connectivity index (χ0v) is 9.63. The number of rotatable bonds is 4. The van der Waals surface area contributed by atoms with Gasteiger partial charge < -0.3 is 5.32 Å². The Morgan fingerprint density at radius 2 is 1.69 bits per heavy atom. The molecular weight excluding hydrogens is 208 g/mol. The Balaban J connectivity index is 2.08. The van der Waals surface area contributed by atoms with Crippen molar-refractivity contribution in [1.29, 1.82) is 0 Å². The van der Waals surface area contributed by atoms with E-state index in [-0.39, 0.29) is 12.0 Å². The number of hydrogen-bond donors (Lipinski definition) is 1. The average molecular weight is 225 g/mol. The van der Waals surface area contributed by atoms with E-state index in [0.29, 0.717) is 6.04 Å². The van der Waals surface area contributed by atoms with Gasteiger partial charge in [0.1, 0.15) is 11.6 Å². The monoisotopic (exact) mass is 225 g/mol. The van der Waals surface area contributed by atoms with Gasteiger partial charge in [0.15, 0.2) is 0 Å². The fraction of sp³-hybridized carbons (Fsp3) is 0.538. The van der Waals surface area contributed by atoms with Crippen LogP contribution in [0.1, 0.15) is 38.2 Å². The second-order valence-electron chi connectivity index (χ2n) is 4.72. The molecule has 88 valence electrons. The Hall–Kier alpha value is -0.960. The van der Waals surface area contributed by atoms with Gasteiger partial charge >= 0.3 is 0 Å². The van der Waals surface area contributed by atoms with Crippen LogP contribution in [-0.4, -0.2) is 12.1 Å². The molecule has 1 nitrogen and oxygen atoms in total. The van der Waals surface area contributed by atoms with Crippen molar-refractivity contribution >= 4 is 0 Å². The third-order valence-electron chi connectivity index (χ3n) is 3.24. The van der Waals surface area contributed by atoms with Crippen LogP contribution in [0.25, 0.3) is 0 Å². The highest BCUT2D eigenvalue weighted by Crippen LogP contribution is 2.25. The minimum Gasteiger partial charge on any atom is -0.311 e. The first-order valence-corrected chi connectivity index (χ1v) is 5.78. The molecule has 0 radical (unpaired) electrons. The molecule has 1 aromatic rings.